The maximum absolute atomic E-state index is 13.9. The summed E-state index contributed by atoms with van der Waals surface area (Å²) in [6.45, 7) is -0.0160. The van der Waals surface area contributed by atoms with Crippen LogP contribution in [0.1, 0.15) is 52.6 Å². The molecule has 4 aliphatic heterocycles. The van der Waals surface area contributed by atoms with Crippen LogP contribution in [0.2, 0.25) is 0 Å². The quantitative estimate of drug-likeness (QED) is 0.0946. The molecule has 0 saturated heterocycles. The second-order valence-corrected chi connectivity index (χ2v) is 23.1. The Kier molecular flexibility index (Phi) is 10.6. The van der Waals surface area contributed by atoms with Crippen LogP contribution in [0.15, 0.2) is 267 Å². The molecule has 414 valence electrons. The molecule has 0 N–H and O–H groups in total. The van der Waals surface area contributed by atoms with Crippen molar-refractivity contribution in [3.63, 3.8) is 0 Å². The molecule has 11 aromatic carbocycles. The van der Waals surface area contributed by atoms with Gasteiger partial charge in [0.15, 0.2) is 0 Å². The van der Waals surface area contributed by atoms with Crippen molar-refractivity contribution in [2.75, 3.05) is 9.80 Å². The van der Waals surface area contributed by atoms with Gasteiger partial charge < -0.3 is 23.5 Å². The Bertz CT molecular complexity index is 4870. The summed E-state index contributed by atoms with van der Waals surface area (Å²) in [4.78, 5) is 62.8. The topological polar surface area (TPSA) is 96.0 Å². The molecule has 0 aliphatic carbocycles. The van der Waals surface area contributed by atoms with Gasteiger partial charge in [-0.1, -0.05) is 121 Å². The zero-order chi connectivity index (χ0) is 58.5. The molecule has 12 heteroatoms. The molecular formula is C76H48BN7O4. The molecule has 4 aliphatic rings. The second-order valence-electron chi connectivity index (χ2n) is 23.1. The molecule has 0 spiro atoms. The molecule has 0 bridgehead atoms. The Morgan fingerprint density at radius 1 is 0.341 bits per heavy atom. The summed E-state index contributed by atoms with van der Waals surface area (Å²) in [6, 6.07) is 87.1. The summed E-state index contributed by atoms with van der Waals surface area (Å²) >= 11 is 0. The summed E-state index contributed by atoms with van der Waals surface area (Å²) in [5.41, 5.74) is 20.2. The molecule has 14 aromatic rings. The number of amides is 4. The Labute approximate surface area is 505 Å². The lowest BCUT2D eigenvalue weighted by atomic mass is 9.34. The van der Waals surface area contributed by atoms with E-state index in [4.69, 9.17) is 0 Å². The molecule has 0 saturated carbocycles. The third-order valence-corrected chi connectivity index (χ3v) is 18.4. The molecule has 4 amide bonds. The van der Waals surface area contributed by atoms with E-state index in [0.29, 0.717) is 22.3 Å². The molecule has 0 fully saturated rings. The highest BCUT2D eigenvalue weighted by atomic mass is 16.2. The third-order valence-electron chi connectivity index (χ3n) is 18.4. The number of para-hydroxylation sites is 4. The van der Waals surface area contributed by atoms with Crippen LogP contribution < -0.4 is 26.2 Å². The second kappa shape index (κ2) is 18.9. The highest BCUT2D eigenvalue weighted by Crippen LogP contribution is 2.45. The summed E-state index contributed by atoms with van der Waals surface area (Å²) in [6.07, 6.45) is 4.46. The lowest BCUT2D eigenvalue weighted by Gasteiger charge is -2.35. The predicted molar refractivity (Wildman–Crippen MR) is 350 cm³/mol. The van der Waals surface area contributed by atoms with Gasteiger partial charge in [-0.05, 0) is 161 Å². The van der Waals surface area contributed by atoms with Crippen LogP contribution in [-0.4, -0.2) is 53.8 Å². The fourth-order valence-corrected chi connectivity index (χ4v) is 14.6. The van der Waals surface area contributed by atoms with Crippen LogP contribution in [0.3, 0.4) is 0 Å². The first-order valence-electron chi connectivity index (χ1n) is 29.6. The van der Waals surface area contributed by atoms with Crippen LogP contribution in [0, 0.1) is 0 Å². The van der Waals surface area contributed by atoms with Crippen molar-refractivity contribution >= 4 is 124 Å². The van der Waals surface area contributed by atoms with Crippen molar-refractivity contribution in [3.05, 3.63) is 301 Å². The van der Waals surface area contributed by atoms with Crippen molar-refractivity contribution in [3.8, 4) is 17.1 Å². The first kappa shape index (κ1) is 49.6. The van der Waals surface area contributed by atoms with Gasteiger partial charge in [0.25, 0.3) is 30.3 Å². The highest BCUT2D eigenvalue weighted by molar-refractivity contribution is 7.00. The van der Waals surface area contributed by atoms with Crippen molar-refractivity contribution in [1.82, 2.24) is 23.5 Å². The molecule has 3 aromatic heterocycles. The van der Waals surface area contributed by atoms with E-state index in [-0.39, 0.29) is 43.4 Å². The van der Waals surface area contributed by atoms with Gasteiger partial charge in [0.05, 0.1) is 74.5 Å². The summed E-state index contributed by atoms with van der Waals surface area (Å²) < 4.78 is 7.09. The normalized spacial score (nSPS) is 13.6. The Hall–Kier alpha value is -11.8. The fraction of sp³-hybridized carbons (Fsp3) is 0.0263. The molecule has 7 heterocycles. The number of carbonyl (C=O) groups is 4. The van der Waals surface area contributed by atoms with Crippen LogP contribution >= 0.6 is 0 Å². The minimum absolute atomic E-state index is 0.0715. The Balaban J connectivity index is 0.873. The number of aromatic nitrogens is 3. The lowest BCUT2D eigenvalue weighted by Crippen LogP contribution is -2.59. The Morgan fingerprint density at radius 3 is 1.06 bits per heavy atom. The monoisotopic (exact) mass is 1130 g/mol. The van der Waals surface area contributed by atoms with E-state index < -0.39 is 0 Å². The highest BCUT2D eigenvalue weighted by Gasteiger charge is 2.42. The lowest BCUT2D eigenvalue weighted by molar-refractivity contribution is 0.0627. The number of anilines is 6. The number of imide groups is 2. The summed E-state index contributed by atoms with van der Waals surface area (Å²) in [7, 11) is 0. The van der Waals surface area contributed by atoms with Gasteiger partial charge in [0.1, 0.15) is 0 Å². The zero-order valence-electron chi connectivity index (χ0n) is 47.2. The van der Waals surface area contributed by atoms with E-state index in [1.54, 1.807) is 48.5 Å². The maximum Gasteiger partial charge on any atom is 0.261 e. The average molecular weight is 1130 g/mol. The van der Waals surface area contributed by atoms with Crippen LogP contribution in [0.25, 0.3) is 60.7 Å². The molecule has 11 nitrogen and oxygen atoms in total. The van der Waals surface area contributed by atoms with Gasteiger partial charge in [-0.15, -0.1) is 0 Å². The van der Waals surface area contributed by atoms with Gasteiger partial charge in [0.2, 0.25) is 0 Å². The maximum atomic E-state index is 13.9. The third kappa shape index (κ3) is 7.14. The molecular weight excluding hydrogens is 1090 g/mol. The van der Waals surface area contributed by atoms with Crippen LogP contribution in [0.4, 0.5) is 34.1 Å². The van der Waals surface area contributed by atoms with E-state index in [0.717, 1.165) is 106 Å². The van der Waals surface area contributed by atoms with Crippen molar-refractivity contribution in [2.45, 2.75) is 13.1 Å². The van der Waals surface area contributed by atoms with Crippen LogP contribution in [-0.2, 0) is 13.1 Å². The van der Waals surface area contributed by atoms with Crippen molar-refractivity contribution < 1.29 is 19.2 Å². The largest absolute Gasteiger partial charge is 0.317 e. The van der Waals surface area contributed by atoms with Crippen LogP contribution in [0.5, 0.6) is 0 Å². The van der Waals surface area contributed by atoms with E-state index in [9.17, 15) is 19.2 Å². The number of hydrogen-bond donors (Lipinski definition) is 0. The predicted octanol–water partition coefficient (Wildman–Crippen LogP) is 14.3. The number of rotatable bonds is 11. The van der Waals surface area contributed by atoms with Gasteiger partial charge in [-0.3, -0.25) is 29.0 Å². The first-order valence-corrected chi connectivity index (χ1v) is 29.6. The van der Waals surface area contributed by atoms with Crippen molar-refractivity contribution in [1.29, 1.82) is 0 Å². The SMILES string of the molecule is O=C1c2ccccc2C(=O)N1Cc1ccc2c(c1)c1cc(CN3C(=O)c4ccccc4C3=O)ccc1n2-c1cc2c3c(c1)-n1ccc4c(N(c5ccccc5)c5ccccc5)ccc(c41)B3c1ccc(N(c3ccccc3)c3ccccc3)c3ccn-2c13. The minimum Gasteiger partial charge on any atom is -0.317 e. The van der Waals surface area contributed by atoms with Gasteiger partial charge in [-0.2, -0.15) is 0 Å². The average Bonchev–Trinajstić information content (AvgIpc) is 1.38. The fourth-order valence-electron chi connectivity index (χ4n) is 14.6. The zero-order valence-corrected chi connectivity index (χ0v) is 47.2. The molecule has 88 heavy (non-hydrogen) atoms. The number of benzene rings is 11. The van der Waals surface area contributed by atoms with Gasteiger partial charge >= 0.3 is 0 Å². The minimum atomic E-state index is -0.325. The summed E-state index contributed by atoms with van der Waals surface area (Å²) in [5.74, 6) is -1.30. The molecule has 18 rings (SSSR count). The number of nitrogens with zero attached hydrogens (tertiary/aromatic N) is 7. The number of hydrogen-bond acceptors (Lipinski definition) is 6. The smallest absolute Gasteiger partial charge is 0.261 e. The van der Waals surface area contributed by atoms with Gasteiger partial charge in [-0.25, -0.2) is 0 Å². The number of fused-ring (bicyclic) bond motifs is 9. The Morgan fingerprint density at radius 2 is 0.693 bits per heavy atom. The molecule has 0 radical (unpaired) electrons. The molecule has 0 unspecified atom stereocenters. The summed E-state index contributed by atoms with van der Waals surface area (Å²) in [5, 5.41) is 4.00. The van der Waals surface area contributed by atoms with Crippen molar-refractivity contribution in [2.24, 2.45) is 0 Å². The van der Waals surface area contributed by atoms with E-state index in [2.05, 4.69) is 230 Å². The standard InChI is InChI=1S/C76H48BN7O4/c85-73-54-25-13-14-26-55(54)74(86)80(73)45-47-29-33-66-60(41-47)61-42-48(46-81-75(87)56-27-15-16-28-57(56)76(81)88)30-34-67(61)84(66)53-43-68-70-69(44-53)79-40-38-59-65(83(51-21-9-3-10-22-51)52-23-11-4-12-24-52)36-32-63(72(59)79)77(70)62-31-35-64(58-37-39-78(68)71(58)62)82(49-17-5-1-6-18-49)50-19-7-2-8-20-50/h1-44H,45-46H2. The van der Waals surface area contributed by atoms with E-state index >= 15 is 0 Å². The first-order chi connectivity index (χ1) is 43.3. The van der Waals surface area contributed by atoms with Gasteiger partial charge in [0, 0.05) is 68.1 Å². The molecule has 0 atom stereocenters. The van der Waals surface area contributed by atoms with E-state index in [1.807, 2.05) is 12.1 Å². The number of carbonyl (C=O) groups excluding carboxylic acids is 4. The van der Waals surface area contributed by atoms with E-state index in [1.165, 1.54) is 26.2 Å².